The van der Waals surface area contributed by atoms with Gasteiger partial charge in [-0.1, -0.05) is 12.2 Å². The van der Waals surface area contributed by atoms with Crippen molar-refractivity contribution in [1.29, 1.82) is 0 Å². The van der Waals surface area contributed by atoms with Crippen LogP contribution in [-0.4, -0.2) is 11.2 Å². The molecule has 3 nitrogen and oxygen atoms in total. The standard InChI is InChI=1S/C12H11F4N3/c13-8-10(9(14)12(16)18-11(8)15)19-17-6-7-4-2-1-3-5-7/h1-2,6-7H,3-5H2,(H,18,19)/b17-6-/t7-/m0/s1. The number of aromatic nitrogens is 1. The van der Waals surface area contributed by atoms with Crippen LogP contribution in [-0.2, 0) is 0 Å². The fraction of sp³-hybridized carbons (Fsp3) is 0.333. The molecule has 0 fully saturated rings. The van der Waals surface area contributed by atoms with Crippen molar-refractivity contribution in [2.24, 2.45) is 11.0 Å². The minimum absolute atomic E-state index is 0.139. The molecular weight excluding hydrogens is 262 g/mol. The summed E-state index contributed by atoms with van der Waals surface area (Å²) in [6.07, 6.45) is 8.02. The van der Waals surface area contributed by atoms with E-state index in [1.54, 1.807) is 0 Å². The lowest BCUT2D eigenvalue weighted by atomic mass is 9.96. The molecule has 102 valence electrons. The molecule has 1 aliphatic carbocycles. The van der Waals surface area contributed by atoms with Crippen LogP contribution in [0.15, 0.2) is 17.3 Å². The van der Waals surface area contributed by atoms with Crippen LogP contribution < -0.4 is 5.43 Å². The molecule has 1 heterocycles. The van der Waals surface area contributed by atoms with Crippen molar-refractivity contribution in [3.05, 3.63) is 35.7 Å². The third kappa shape index (κ3) is 3.10. The van der Waals surface area contributed by atoms with Crippen molar-refractivity contribution in [3.63, 3.8) is 0 Å². The van der Waals surface area contributed by atoms with Gasteiger partial charge in [0, 0.05) is 6.21 Å². The van der Waals surface area contributed by atoms with Gasteiger partial charge in [0.25, 0.3) is 11.9 Å². The van der Waals surface area contributed by atoms with Gasteiger partial charge in [-0.05, 0) is 25.2 Å². The zero-order valence-corrected chi connectivity index (χ0v) is 9.84. The monoisotopic (exact) mass is 273 g/mol. The number of rotatable bonds is 3. The minimum atomic E-state index is -1.71. The maximum Gasteiger partial charge on any atom is 0.254 e. The van der Waals surface area contributed by atoms with Gasteiger partial charge in [0.15, 0.2) is 0 Å². The molecule has 0 amide bonds. The summed E-state index contributed by atoms with van der Waals surface area (Å²) in [6, 6.07) is 0. The second-order valence-electron chi connectivity index (χ2n) is 4.13. The highest BCUT2D eigenvalue weighted by atomic mass is 19.2. The van der Waals surface area contributed by atoms with Crippen LogP contribution in [0.3, 0.4) is 0 Å². The number of pyridine rings is 1. The van der Waals surface area contributed by atoms with Gasteiger partial charge in [-0.15, -0.1) is 0 Å². The van der Waals surface area contributed by atoms with Gasteiger partial charge in [0.2, 0.25) is 11.6 Å². The number of nitrogens with zero attached hydrogens (tertiary/aromatic N) is 2. The lowest BCUT2D eigenvalue weighted by Crippen LogP contribution is -2.08. The lowest BCUT2D eigenvalue weighted by molar-refractivity contribution is 0.411. The fourth-order valence-electron chi connectivity index (χ4n) is 1.74. The predicted molar refractivity (Wildman–Crippen MR) is 62.7 cm³/mol. The van der Waals surface area contributed by atoms with Gasteiger partial charge in [0.05, 0.1) is 0 Å². The van der Waals surface area contributed by atoms with Crippen molar-refractivity contribution < 1.29 is 17.6 Å². The van der Waals surface area contributed by atoms with Crippen LogP contribution >= 0.6 is 0 Å². The second-order valence-corrected chi connectivity index (χ2v) is 4.13. The minimum Gasteiger partial charge on any atom is -0.273 e. The summed E-state index contributed by atoms with van der Waals surface area (Å²) in [4.78, 5) is 2.45. The number of hydrogen-bond acceptors (Lipinski definition) is 3. The average Bonchev–Trinajstić information content (AvgIpc) is 2.42. The molecule has 1 N–H and O–H groups in total. The first kappa shape index (κ1) is 13.5. The predicted octanol–water partition coefficient (Wildman–Crippen LogP) is 3.39. The Hall–Kier alpha value is -1.92. The lowest BCUT2D eigenvalue weighted by Gasteiger charge is -2.12. The maximum absolute atomic E-state index is 13.2. The molecule has 0 aromatic carbocycles. The second kappa shape index (κ2) is 5.81. The summed E-state index contributed by atoms with van der Waals surface area (Å²) in [5.41, 5.74) is 1.01. The molecule has 7 heteroatoms. The van der Waals surface area contributed by atoms with Gasteiger partial charge < -0.3 is 0 Å². The fourth-order valence-corrected chi connectivity index (χ4v) is 1.74. The van der Waals surface area contributed by atoms with Crippen molar-refractivity contribution in [2.45, 2.75) is 19.3 Å². The Bertz CT molecular complexity index is 502. The van der Waals surface area contributed by atoms with E-state index in [9.17, 15) is 17.6 Å². The zero-order chi connectivity index (χ0) is 13.8. The number of hydrazone groups is 1. The van der Waals surface area contributed by atoms with Crippen LogP contribution in [0.1, 0.15) is 19.3 Å². The van der Waals surface area contributed by atoms with E-state index in [1.807, 2.05) is 17.6 Å². The molecule has 1 aromatic rings. The van der Waals surface area contributed by atoms with Gasteiger partial charge in [-0.2, -0.15) is 27.6 Å². The van der Waals surface area contributed by atoms with Crippen LogP contribution in [0.5, 0.6) is 0 Å². The molecular formula is C12H11F4N3. The van der Waals surface area contributed by atoms with Crippen LogP contribution in [0.2, 0.25) is 0 Å². The Labute approximate surface area is 107 Å². The Morgan fingerprint density at radius 1 is 1.16 bits per heavy atom. The summed E-state index contributed by atoms with van der Waals surface area (Å²) in [7, 11) is 0. The normalized spacial score (nSPS) is 19.1. The van der Waals surface area contributed by atoms with E-state index in [0.717, 1.165) is 19.3 Å². The number of nitrogens with one attached hydrogen (secondary N) is 1. The number of anilines is 1. The molecule has 2 rings (SSSR count). The van der Waals surface area contributed by atoms with Gasteiger partial charge >= 0.3 is 0 Å². The van der Waals surface area contributed by atoms with E-state index < -0.39 is 29.2 Å². The third-order valence-corrected chi connectivity index (χ3v) is 2.77. The smallest absolute Gasteiger partial charge is 0.254 e. The first-order valence-electron chi connectivity index (χ1n) is 5.73. The number of allylic oxidation sites excluding steroid dienone is 2. The molecule has 0 unspecified atom stereocenters. The summed E-state index contributed by atoms with van der Waals surface area (Å²) in [5, 5.41) is 3.62. The largest absolute Gasteiger partial charge is 0.273 e. The van der Waals surface area contributed by atoms with Gasteiger partial charge in [-0.3, -0.25) is 5.43 Å². The maximum atomic E-state index is 13.2. The topological polar surface area (TPSA) is 37.3 Å². The molecule has 1 aromatic heterocycles. The van der Waals surface area contributed by atoms with Gasteiger partial charge in [0.1, 0.15) is 5.69 Å². The molecule has 19 heavy (non-hydrogen) atoms. The van der Waals surface area contributed by atoms with Crippen LogP contribution in [0.4, 0.5) is 23.2 Å². The van der Waals surface area contributed by atoms with E-state index >= 15 is 0 Å². The Kier molecular flexibility index (Phi) is 4.13. The van der Waals surface area contributed by atoms with Crippen molar-refractivity contribution in [3.8, 4) is 0 Å². The summed E-state index contributed by atoms with van der Waals surface area (Å²) < 4.78 is 52.0. The number of hydrogen-bond donors (Lipinski definition) is 1. The first-order chi connectivity index (χ1) is 9.09. The van der Waals surface area contributed by atoms with E-state index in [4.69, 9.17) is 0 Å². The molecule has 1 aliphatic rings. The van der Waals surface area contributed by atoms with E-state index in [0.29, 0.717) is 0 Å². The van der Waals surface area contributed by atoms with Crippen molar-refractivity contribution in [2.75, 3.05) is 5.43 Å². The molecule has 0 saturated carbocycles. The summed E-state index contributed by atoms with van der Waals surface area (Å²) >= 11 is 0. The molecule has 0 saturated heterocycles. The summed E-state index contributed by atoms with van der Waals surface area (Å²) in [5.74, 6) is -6.48. The Morgan fingerprint density at radius 2 is 1.84 bits per heavy atom. The molecule has 1 atom stereocenters. The summed E-state index contributed by atoms with van der Waals surface area (Å²) in [6.45, 7) is 0. The zero-order valence-electron chi connectivity index (χ0n) is 9.84. The van der Waals surface area contributed by atoms with E-state index in [-0.39, 0.29) is 5.92 Å². The Morgan fingerprint density at radius 3 is 2.42 bits per heavy atom. The highest BCUT2D eigenvalue weighted by Gasteiger charge is 2.20. The first-order valence-corrected chi connectivity index (χ1v) is 5.73. The molecule has 0 spiro atoms. The third-order valence-electron chi connectivity index (χ3n) is 2.77. The van der Waals surface area contributed by atoms with Crippen LogP contribution in [0.25, 0.3) is 0 Å². The number of halogens is 4. The average molecular weight is 273 g/mol. The molecule has 0 radical (unpaired) electrons. The van der Waals surface area contributed by atoms with Crippen LogP contribution in [0, 0.1) is 29.4 Å². The quantitative estimate of drug-likeness (QED) is 0.301. The SMILES string of the molecule is Fc1nc(F)c(F)c(N/N=C\[C@H]2CC=CCC2)c1F. The molecule has 0 bridgehead atoms. The highest BCUT2D eigenvalue weighted by molar-refractivity contribution is 5.63. The van der Waals surface area contributed by atoms with Gasteiger partial charge in [-0.25, -0.2) is 0 Å². The van der Waals surface area contributed by atoms with E-state index in [2.05, 4.69) is 10.1 Å². The van der Waals surface area contributed by atoms with E-state index in [1.165, 1.54) is 6.21 Å². The molecule has 0 aliphatic heterocycles. The van der Waals surface area contributed by atoms with Crippen molar-refractivity contribution in [1.82, 2.24) is 4.98 Å². The highest BCUT2D eigenvalue weighted by Crippen LogP contribution is 2.22. The van der Waals surface area contributed by atoms with Crippen molar-refractivity contribution >= 4 is 11.9 Å². The Balaban J connectivity index is 2.11.